The summed E-state index contributed by atoms with van der Waals surface area (Å²) in [5.74, 6) is 0.877. The number of rotatable bonds is 6. The van der Waals surface area contributed by atoms with Crippen LogP contribution in [0.1, 0.15) is 16.7 Å². The molecule has 0 fully saturated rings. The molecule has 0 aliphatic rings. The molecule has 0 amide bonds. The Bertz CT molecular complexity index is 649. The lowest BCUT2D eigenvalue weighted by atomic mass is 10.1. The first-order valence-corrected chi connectivity index (χ1v) is 7.13. The second-order valence-corrected chi connectivity index (χ2v) is 5.10. The molecule has 0 atom stereocenters. The van der Waals surface area contributed by atoms with Crippen molar-refractivity contribution in [1.82, 2.24) is 5.32 Å². The molecule has 2 aromatic carbocycles. The fraction of sp³-hybridized carbons (Fsp3) is 0.235. The Labute approximate surface area is 130 Å². The zero-order valence-corrected chi connectivity index (χ0v) is 12.7. The van der Waals surface area contributed by atoms with Crippen molar-refractivity contribution in [1.29, 1.82) is 5.26 Å². The topological polar surface area (TPSA) is 45.0 Å². The molecule has 0 saturated heterocycles. The van der Waals surface area contributed by atoms with E-state index < -0.39 is 0 Å². The highest BCUT2D eigenvalue weighted by molar-refractivity contribution is 6.31. The van der Waals surface area contributed by atoms with Crippen LogP contribution in [0, 0.1) is 11.3 Å². The summed E-state index contributed by atoms with van der Waals surface area (Å²) in [6, 6.07) is 15.5. The Morgan fingerprint density at radius 2 is 2.10 bits per heavy atom. The average Bonchev–Trinajstić information content (AvgIpc) is 2.52. The Balaban J connectivity index is 1.83. The van der Waals surface area contributed by atoms with Gasteiger partial charge < -0.3 is 10.1 Å². The third-order valence-electron chi connectivity index (χ3n) is 3.22. The van der Waals surface area contributed by atoms with Crippen molar-refractivity contribution in [3.63, 3.8) is 0 Å². The number of ether oxygens (including phenoxy) is 1. The van der Waals surface area contributed by atoms with Crippen molar-refractivity contribution >= 4 is 11.6 Å². The van der Waals surface area contributed by atoms with Crippen molar-refractivity contribution in [3.05, 3.63) is 64.2 Å². The van der Waals surface area contributed by atoms with Gasteiger partial charge >= 0.3 is 0 Å². The van der Waals surface area contributed by atoms with Crippen LogP contribution in [0.2, 0.25) is 5.02 Å². The molecule has 0 aromatic heterocycles. The minimum absolute atomic E-state index is 0.583. The van der Waals surface area contributed by atoms with Crippen LogP contribution >= 0.6 is 11.6 Å². The van der Waals surface area contributed by atoms with E-state index in [1.807, 2.05) is 24.3 Å². The monoisotopic (exact) mass is 300 g/mol. The van der Waals surface area contributed by atoms with Gasteiger partial charge in [-0.15, -0.1) is 0 Å². The highest BCUT2D eigenvalue weighted by Crippen LogP contribution is 2.17. The van der Waals surface area contributed by atoms with E-state index in [0.717, 1.165) is 24.3 Å². The molecule has 0 aliphatic heterocycles. The van der Waals surface area contributed by atoms with Crippen LogP contribution in [-0.4, -0.2) is 13.7 Å². The number of hydrogen-bond donors (Lipinski definition) is 1. The molecular weight excluding hydrogens is 284 g/mol. The number of hydrogen-bond acceptors (Lipinski definition) is 3. The molecule has 21 heavy (non-hydrogen) atoms. The summed E-state index contributed by atoms with van der Waals surface area (Å²) in [7, 11) is 1.67. The van der Waals surface area contributed by atoms with Gasteiger partial charge in [-0.05, 0) is 48.4 Å². The van der Waals surface area contributed by atoms with E-state index in [4.69, 9.17) is 21.6 Å². The number of benzene rings is 2. The Morgan fingerprint density at radius 3 is 2.81 bits per heavy atom. The van der Waals surface area contributed by atoms with Crippen LogP contribution in [0.15, 0.2) is 42.5 Å². The molecule has 0 heterocycles. The van der Waals surface area contributed by atoms with Gasteiger partial charge in [0.15, 0.2) is 0 Å². The smallest absolute Gasteiger partial charge is 0.119 e. The molecule has 0 unspecified atom stereocenters. The maximum Gasteiger partial charge on any atom is 0.119 e. The first kappa shape index (κ1) is 15.4. The van der Waals surface area contributed by atoms with Gasteiger partial charge in [-0.2, -0.15) is 5.26 Å². The SMILES string of the molecule is COc1cccc(CCNCc2ccc(C#N)cc2Cl)c1. The largest absolute Gasteiger partial charge is 0.497 e. The lowest BCUT2D eigenvalue weighted by Gasteiger charge is -2.08. The third kappa shape index (κ3) is 4.49. The zero-order chi connectivity index (χ0) is 15.1. The first-order chi connectivity index (χ1) is 10.2. The number of nitriles is 1. The molecule has 2 aromatic rings. The van der Waals surface area contributed by atoms with E-state index in [1.165, 1.54) is 5.56 Å². The number of nitrogens with zero attached hydrogens (tertiary/aromatic N) is 1. The molecule has 3 nitrogen and oxygen atoms in total. The predicted molar refractivity (Wildman–Crippen MR) is 84.6 cm³/mol. The molecular formula is C17H17ClN2O. The average molecular weight is 301 g/mol. The lowest BCUT2D eigenvalue weighted by molar-refractivity contribution is 0.414. The van der Waals surface area contributed by atoms with Crippen LogP contribution in [-0.2, 0) is 13.0 Å². The van der Waals surface area contributed by atoms with E-state index in [-0.39, 0.29) is 0 Å². The van der Waals surface area contributed by atoms with Crippen molar-refractivity contribution in [2.75, 3.05) is 13.7 Å². The van der Waals surface area contributed by atoms with Crippen LogP contribution < -0.4 is 10.1 Å². The van der Waals surface area contributed by atoms with Crippen molar-refractivity contribution in [2.24, 2.45) is 0 Å². The number of methoxy groups -OCH3 is 1. The first-order valence-electron chi connectivity index (χ1n) is 6.75. The highest BCUT2D eigenvalue weighted by Gasteiger charge is 2.02. The van der Waals surface area contributed by atoms with Crippen LogP contribution in [0.25, 0.3) is 0 Å². The van der Waals surface area contributed by atoms with Crippen molar-refractivity contribution in [3.8, 4) is 11.8 Å². The standard InChI is InChI=1S/C17H17ClN2O/c1-21-16-4-2-3-13(9-16)7-8-20-12-15-6-5-14(11-19)10-17(15)18/h2-6,9-10,20H,7-8,12H2,1H3. The molecule has 0 radical (unpaired) electrons. The Hall–Kier alpha value is -2.02. The van der Waals surface area contributed by atoms with Gasteiger partial charge in [0.05, 0.1) is 18.7 Å². The molecule has 2 rings (SSSR count). The van der Waals surface area contributed by atoms with Crippen LogP contribution in [0.4, 0.5) is 0 Å². The molecule has 0 saturated carbocycles. The van der Waals surface area contributed by atoms with Crippen LogP contribution in [0.3, 0.4) is 0 Å². The van der Waals surface area contributed by atoms with Gasteiger partial charge in [-0.1, -0.05) is 29.8 Å². The second-order valence-electron chi connectivity index (χ2n) is 4.70. The fourth-order valence-corrected chi connectivity index (χ4v) is 2.29. The van der Waals surface area contributed by atoms with Gasteiger partial charge in [0.2, 0.25) is 0 Å². The van der Waals surface area contributed by atoms with Gasteiger partial charge in [0, 0.05) is 11.6 Å². The maximum atomic E-state index is 8.80. The lowest BCUT2D eigenvalue weighted by Crippen LogP contribution is -2.17. The number of halogens is 1. The normalized spacial score (nSPS) is 10.1. The summed E-state index contributed by atoms with van der Waals surface area (Å²) in [4.78, 5) is 0. The quantitative estimate of drug-likeness (QED) is 0.830. The second kappa shape index (κ2) is 7.68. The molecule has 1 N–H and O–H groups in total. The fourth-order valence-electron chi connectivity index (χ4n) is 2.04. The zero-order valence-electron chi connectivity index (χ0n) is 11.9. The van der Waals surface area contributed by atoms with Gasteiger partial charge in [0.1, 0.15) is 5.75 Å². The minimum atomic E-state index is 0.583. The van der Waals surface area contributed by atoms with E-state index in [2.05, 4.69) is 17.5 Å². The Morgan fingerprint density at radius 1 is 1.24 bits per heavy atom. The van der Waals surface area contributed by atoms with Crippen molar-refractivity contribution < 1.29 is 4.74 Å². The van der Waals surface area contributed by atoms with Gasteiger partial charge in [-0.3, -0.25) is 0 Å². The van der Waals surface area contributed by atoms with E-state index in [9.17, 15) is 0 Å². The molecule has 0 aliphatic carbocycles. The highest BCUT2D eigenvalue weighted by atomic mass is 35.5. The molecule has 108 valence electrons. The van der Waals surface area contributed by atoms with Crippen LogP contribution in [0.5, 0.6) is 5.75 Å². The summed E-state index contributed by atoms with van der Waals surface area (Å²) >= 11 is 6.14. The predicted octanol–water partition coefficient (Wildman–Crippen LogP) is 3.55. The van der Waals surface area contributed by atoms with E-state index in [0.29, 0.717) is 17.1 Å². The van der Waals surface area contributed by atoms with Gasteiger partial charge in [0.25, 0.3) is 0 Å². The van der Waals surface area contributed by atoms with Gasteiger partial charge in [-0.25, -0.2) is 0 Å². The van der Waals surface area contributed by atoms with E-state index in [1.54, 1.807) is 19.2 Å². The van der Waals surface area contributed by atoms with E-state index >= 15 is 0 Å². The summed E-state index contributed by atoms with van der Waals surface area (Å²) in [5.41, 5.74) is 2.81. The van der Waals surface area contributed by atoms with Crippen molar-refractivity contribution in [2.45, 2.75) is 13.0 Å². The summed E-state index contributed by atoms with van der Waals surface area (Å²) in [5, 5.41) is 12.8. The molecule has 0 spiro atoms. The summed E-state index contributed by atoms with van der Waals surface area (Å²) < 4.78 is 5.20. The number of nitrogens with one attached hydrogen (secondary N) is 1. The molecule has 4 heteroatoms. The minimum Gasteiger partial charge on any atom is -0.497 e. The summed E-state index contributed by atoms with van der Waals surface area (Å²) in [6.07, 6.45) is 0.922. The maximum absolute atomic E-state index is 8.80. The molecule has 0 bridgehead atoms. The third-order valence-corrected chi connectivity index (χ3v) is 3.57. The summed E-state index contributed by atoms with van der Waals surface area (Å²) in [6.45, 7) is 1.54. The Kier molecular flexibility index (Phi) is 5.62.